The maximum absolute atomic E-state index is 13.5. The van der Waals surface area contributed by atoms with E-state index in [4.69, 9.17) is 0 Å². The van der Waals surface area contributed by atoms with E-state index in [1.54, 1.807) is 30.3 Å². The van der Waals surface area contributed by atoms with E-state index in [-0.39, 0.29) is 11.4 Å². The smallest absolute Gasteiger partial charge is 0.261 e. The fourth-order valence-electron chi connectivity index (χ4n) is 2.18. The quantitative estimate of drug-likeness (QED) is 0.800. The molecule has 0 aliphatic rings. The van der Waals surface area contributed by atoms with Gasteiger partial charge in [0.1, 0.15) is 5.82 Å². The van der Waals surface area contributed by atoms with Gasteiger partial charge in [-0.25, -0.2) is 9.37 Å². The molecule has 4 nitrogen and oxygen atoms in total. The summed E-state index contributed by atoms with van der Waals surface area (Å²) in [6, 6.07) is 13.7. The summed E-state index contributed by atoms with van der Waals surface area (Å²) in [6.45, 7) is 0.867. The largest absolute Gasteiger partial charge is 0.381 e. The Morgan fingerprint density at radius 2 is 1.86 bits per heavy atom. The first-order valence-electron chi connectivity index (χ1n) is 6.68. The number of fused-ring (bicyclic) bond motifs is 1. The van der Waals surface area contributed by atoms with Crippen molar-refractivity contribution in [2.24, 2.45) is 0 Å². The molecule has 5 heteroatoms. The minimum atomic E-state index is -0.304. The Bertz CT molecular complexity index is 829. The van der Waals surface area contributed by atoms with Crippen LogP contribution in [0.2, 0.25) is 0 Å². The molecule has 0 spiro atoms. The second-order valence-corrected chi connectivity index (χ2v) is 4.67. The molecule has 0 saturated heterocycles. The number of nitrogens with zero attached hydrogens (tertiary/aromatic N) is 2. The van der Waals surface area contributed by atoms with Gasteiger partial charge in [-0.15, -0.1) is 0 Å². The highest BCUT2D eigenvalue weighted by atomic mass is 19.1. The Labute approximate surface area is 120 Å². The normalized spacial score (nSPS) is 10.7. The third-order valence-corrected chi connectivity index (χ3v) is 3.27. The number of halogens is 1. The Kier molecular flexibility index (Phi) is 3.64. The zero-order valence-electron chi connectivity index (χ0n) is 11.3. The van der Waals surface area contributed by atoms with E-state index in [9.17, 15) is 9.18 Å². The van der Waals surface area contributed by atoms with Gasteiger partial charge in [-0.05, 0) is 24.3 Å². The molecule has 0 fully saturated rings. The second kappa shape index (κ2) is 5.75. The lowest BCUT2D eigenvalue weighted by atomic mass is 10.2. The minimum absolute atomic E-state index is 0.0871. The summed E-state index contributed by atoms with van der Waals surface area (Å²) in [5.74, 6) is -0.304. The lowest BCUT2D eigenvalue weighted by molar-refractivity contribution is 0.626. The summed E-state index contributed by atoms with van der Waals surface area (Å²) in [4.78, 5) is 16.5. The maximum atomic E-state index is 13.5. The molecule has 1 heterocycles. The average molecular weight is 283 g/mol. The lowest BCUT2D eigenvalue weighted by Gasteiger charge is -2.09. The third kappa shape index (κ3) is 2.76. The van der Waals surface area contributed by atoms with Crippen LogP contribution in [0.5, 0.6) is 0 Å². The minimum Gasteiger partial charge on any atom is -0.381 e. The fraction of sp³-hybridized carbons (Fsp3) is 0.125. The molecule has 0 radical (unpaired) electrons. The van der Waals surface area contributed by atoms with E-state index in [1.807, 2.05) is 12.1 Å². The van der Waals surface area contributed by atoms with Crippen molar-refractivity contribution < 1.29 is 4.39 Å². The summed E-state index contributed by atoms with van der Waals surface area (Å²) in [5, 5.41) is 3.56. The molecule has 0 bridgehead atoms. The van der Waals surface area contributed by atoms with Crippen LogP contribution in [0.1, 0.15) is 0 Å². The van der Waals surface area contributed by atoms with Crippen molar-refractivity contribution in [2.45, 2.75) is 6.54 Å². The number of nitrogens with one attached hydrogen (secondary N) is 1. The van der Waals surface area contributed by atoms with Crippen LogP contribution < -0.4 is 10.9 Å². The fourth-order valence-corrected chi connectivity index (χ4v) is 2.18. The van der Waals surface area contributed by atoms with Crippen LogP contribution in [-0.2, 0) is 6.54 Å². The van der Waals surface area contributed by atoms with Gasteiger partial charge < -0.3 is 5.32 Å². The van der Waals surface area contributed by atoms with Crippen LogP contribution in [0.3, 0.4) is 0 Å². The molecule has 0 atom stereocenters. The standard InChI is InChI=1S/C16H14FN3O/c17-13-6-2-4-8-15(13)18-9-10-20-11-19-14-7-3-1-5-12(14)16(20)21/h1-8,11,18H,9-10H2. The number of rotatable bonds is 4. The van der Waals surface area contributed by atoms with Gasteiger partial charge >= 0.3 is 0 Å². The highest BCUT2D eigenvalue weighted by Crippen LogP contribution is 2.11. The topological polar surface area (TPSA) is 46.9 Å². The van der Waals surface area contributed by atoms with Crippen molar-refractivity contribution in [3.05, 3.63) is 71.0 Å². The van der Waals surface area contributed by atoms with Crippen molar-refractivity contribution >= 4 is 16.6 Å². The van der Waals surface area contributed by atoms with Gasteiger partial charge in [0.05, 0.1) is 22.9 Å². The van der Waals surface area contributed by atoms with Crippen molar-refractivity contribution in [1.82, 2.24) is 9.55 Å². The highest BCUT2D eigenvalue weighted by molar-refractivity contribution is 5.76. The molecule has 2 aromatic carbocycles. The van der Waals surface area contributed by atoms with Gasteiger partial charge in [-0.2, -0.15) is 0 Å². The lowest BCUT2D eigenvalue weighted by Crippen LogP contribution is -2.24. The van der Waals surface area contributed by atoms with E-state index < -0.39 is 0 Å². The van der Waals surface area contributed by atoms with Gasteiger partial charge in [0.2, 0.25) is 0 Å². The van der Waals surface area contributed by atoms with Crippen LogP contribution in [0, 0.1) is 5.82 Å². The number of aromatic nitrogens is 2. The van der Waals surface area contributed by atoms with Crippen molar-refractivity contribution in [3.63, 3.8) is 0 Å². The molecule has 0 unspecified atom stereocenters. The second-order valence-electron chi connectivity index (χ2n) is 4.67. The summed E-state index contributed by atoms with van der Waals surface area (Å²) in [6.07, 6.45) is 1.52. The summed E-state index contributed by atoms with van der Waals surface area (Å²) in [7, 11) is 0. The van der Waals surface area contributed by atoms with Gasteiger partial charge in [0.15, 0.2) is 0 Å². The maximum Gasteiger partial charge on any atom is 0.261 e. The molecule has 0 aliphatic heterocycles. The number of anilines is 1. The zero-order valence-corrected chi connectivity index (χ0v) is 11.3. The van der Waals surface area contributed by atoms with Crippen molar-refractivity contribution in [2.75, 3.05) is 11.9 Å². The van der Waals surface area contributed by atoms with Gasteiger partial charge in [0, 0.05) is 13.1 Å². The molecule has 0 saturated carbocycles. The predicted molar refractivity (Wildman–Crippen MR) is 80.9 cm³/mol. The molecule has 1 N–H and O–H groups in total. The van der Waals surface area contributed by atoms with Crippen molar-refractivity contribution in [1.29, 1.82) is 0 Å². The van der Waals surface area contributed by atoms with E-state index in [2.05, 4.69) is 10.3 Å². The monoisotopic (exact) mass is 283 g/mol. The molecule has 21 heavy (non-hydrogen) atoms. The Hall–Kier alpha value is -2.69. The van der Waals surface area contributed by atoms with Gasteiger partial charge in [-0.1, -0.05) is 24.3 Å². The molecule has 3 rings (SSSR count). The molecular formula is C16H14FN3O. The molecule has 3 aromatic rings. The van der Waals surface area contributed by atoms with Crippen LogP contribution >= 0.6 is 0 Å². The Balaban J connectivity index is 1.76. The summed E-state index contributed by atoms with van der Waals surface area (Å²) < 4.78 is 15.0. The third-order valence-electron chi connectivity index (χ3n) is 3.27. The number of benzene rings is 2. The Morgan fingerprint density at radius 3 is 2.71 bits per heavy atom. The van der Waals surface area contributed by atoms with E-state index >= 15 is 0 Å². The molecule has 0 aliphatic carbocycles. The van der Waals surface area contributed by atoms with Gasteiger partial charge in [-0.3, -0.25) is 9.36 Å². The van der Waals surface area contributed by atoms with Crippen LogP contribution in [0.4, 0.5) is 10.1 Å². The van der Waals surface area contributed by atoms with Gasteiger partial charge in [0.25, 0.3) is 5.56 Å². The summed E-state index contributed by atoms with van der Waals surface area (Å²) >= 11 is 0. The van der Waals surface area contributed by atoms with Crippen LogP contribution in [0.15, 0.2) is 59.7 Å². The summed E-state index contributed by atoms with van der Waals surface area (Å²) in [5.41, 5.74) is 1.02. The zero-order chi connectivity index (χ0) is 14.7. The average Bonchev–Trinajstić information content (AvgIpc) is 2.52. The first kappa shape index (κ1) is 13.3. The number of para-hydroxylation sites is 2. The first-order chi connectivity index (χ1) is 10.3. The van der Waals surface area contributed by atoms with Crippen LogP contribution in [0.25, 0.3) is 10.9 Å². The molecule has 106 valence electrons. The SMILES string of the molecule is O=c1c2ccccc2ncn1CCNc1ccccc1F. The Morgan fingerprint density at radius 1 is 1.10 bits per heavy atom. The van der Waals surface area contributed by atoms with Crippen LogP contribution in [-0.4, -0.2) is 16.1 Å². The highest BCUT2D eigenvalue weighted by Gasteiger charge is 2.03. The molecule has 0 amide bonds. The molecule has 1 aromatic heterocycles. The van der Waals surface area contributed by atoms with E-state index in [0.717, 1.165) is 0 Å². The van der Waals surface area contributed by atoms with E-state index in [0.29, 0.717) is 29.7 Å². The number of hydrogen-bond donors (Lipinski definition) is 1. The van der Waals surface area contributed by atoms with E-state index in [1.165, 1.54) is 17.0 Å². The number of hydrogen-bond acceptors (Lipinski definition) is 3. The predicted octanol–water partition coefficient (Wildman–Crippen LogP) is 2.65. The molecular weight excluding hydrogens is 269 g/mol. The van der Waals surface area contributed by atoms with Crippen molar-refractivity contribution in [3.8, 4) is 0 Å². The first-order valence-corrected chi connectivity index (χ1v) is 6.68.